The van der Waals surface area contributed by atoms with Gasteiger partial charge in [-0.2, -0.15) is 5.10 Å². The fourth-order valence-corrected chi connectivity index (χ4v) is 3.50. The van der Waals surface area contributed by atoms with E-state index in [0.29, 0.717) is 31.9 Å². The molecule has 0 aromatic heterocycles. The Kier molecular flexibility index (Phi) is 8.82. The molecule has 3 aromatic rings. The molecule has 0 saturated heterocycles. The van der Waals surface area contributed by atoms with Gasteiger partial charge in [-0.05, 0) is 60.7 Å². The molecular formula is C24H17Br2ClN2O4. The first-order chi connectivity index (χ1) is 15.9. The lowest BCUT2D eigenvalue weighted by Crippen LogP contribution is -2.19. The summed E-state index contributed by atoms with van der Waals surface area (Å²) in [6.07, 6.45) is 2.97. The highest BCUT2D eigenvalue weighted by atomic mass is 79.9. The molecule has 0 unspecified atom stereocenters. The van der Waals surface area contributed by atoms with E-state index in [2.05, 4.69) is 49.0 Å². The maximum absolute atomic E-state index is 12.7. The van der Waals surface area contributed by atoms with E-state index in [1.54, 1.807) is 66.7 Å². The van der Waals surface area contributed by atoms with Crippen LogP contribution in [0.2, 0.25) is 5.02 Å². The SMILES string of the molecule is C=CCOc1ccc(Br)cc1C(=O)NN=Cc1cc(Br)ccc1OC(=O)c1ccc(Cl)cc1. The standard InChI is InChI=1S/C24H17Br2ClN2O4/c1-2-11-32-22-10-6-18(26)13-20(22)23(30)29-28-14-16-12-17(25)5-9-21(16)33-24(31)15-3-7-19(27)8-4-15/h2-10,12-14H,1,11H2,(H,29,30). The van der Waals surface area contributed by atoms with Crippen molar-refractivity contribution in [3.05, 3.63) is 104 Å². The number of halogens is 3. The van der Waals surface area contributed by atoms with E-state index in [9.17, 15) is 9.59 Å². The van der Waals surface area contributed by atoms with Crippen LogP contribution >= 0.6 is 43.5 Å². The summed E-state index contributed by atoms with van der Waals surface area (Å²) in [5, 5.41) is 4.53. The molecule has 0 aliphatic heterocycles. The lowest BCUT2D eigenvalue weighted by Gasteiger charge is -2.10. The molecule has 0 radical (unpaired) electrons. The molecule has 0 saturated carbocycles. The average molecular weight is 593 g/mol. The number of amides is 1. The Morgan fingerprint density at radius 2 is 1.67 bits per heavy atom. The van der Waals surface area contributed by atoms with Gasteiger partial charge in [-0.15, -0.1) is 0 Å². The first-order valence-corrected chi connectivity index (χ1v) is 11.5. The van der Waals surface area contributed by atoms with Crippen LogP contribution in [0.15, 0.2) is 87.4 Å². The summed E-state index contributed by atoms with van der Waals surface area (Å²) >= 11 is 12.6. The minimum atomic E-state index is -0.550. The predicted molar refractivity (Wildman–Crippen MR) is 135 cm³/mol. The van der Waals surface area contributed by atoms with E-state index >= 15 is 0 Å². The van der Waals surface area contributed by atoms with E-state index < -0.39 is 11.9 Å². The summed E-state index contributed by atoms with van der Waals surface area (Å²) in [6, 6.07) is 16.5. The highest BCUT2D eigenvalue weighted by Crippen LogP contribution is 2.25. The Morgan fingerprint density at radius 1 is 1.00 bits per heavy atom. The van der Waals surface area contributed by atoms with Crippen LogP contribution in [0.5, 0.6) is 11.5 Å². The van der Waals surface area contributed by atoms with Crippen molar-refractivity contribution in [1.29, 1.82) is 0 Å². The Bertz CT molecular complexity index is 1210. The first kappa shape index (κ1) is 24.7. The molecule has 0 bridgehead atoms. The summed E-state index contributed by atoms with van der Waals surface area (Å²) in [5.41, 5.74) is 3.58. The van der Waals surface area contributed by atoms with Crippen molar-refractivity contribution in [2.75, 3.05) is 6.61 Å². The summed E-state index contributed by atoms with van der Waals surface area (Å²) in [7, 11) is 0. The van der Waals surface area contributed by atoms with E-state index in [1.165, 1.54) is 6.21 Å². The number of hydrogen-bond acceptors (Lipinski definition) is 5. The van der Waals surface area contributed by atoms with Crippen LogP contribution < -0.4 is 14.9 Å². The number of ether oxygens (including phenoxy) is 2. The minimum Gasteiger partial charge on any atom is -0.489 e. The van der Waals surface area contributed by atoms with Gasteiger partial charge in [0.1, 0.15) is 18.1 Å². The summed E-state index contributed by atoms with van der Waals surface area (Å²) in [5.74, 6) is -0.355. The highest BCUT2D eigenvalue weighted by Gasteiger charge is 2.14. The third-order valence-corrected chi connectivity index (χ3v) is 5.41. The highest BCUT2D eigenvalue weighted by molar-refractivity contribution is 9.10. The van der Waals surface area contributed by atoms with Crippen molar-refractivity contribution in [2.24, 2.45) is 5.10 Å². The van der Waals surface area contributed by atoms with Gasteiger partial charge in [0.2, 0.25) is 0 Å². The van der Waals surface area contributed by atoms with Gasteiger partial charge >= 0.3 is 5.97 Å². The van der Waals surface area contributed by atoms with Crippen LogP contribution in [-0.4, -0.2) is 24.7 Å². The zero-order valence-corrected chi connectivity index (χ0v) is 21.0. The fourth-order valence-electron chi connectivity index (χ4n) is 2.63. The Labute approximate surface area is 212 Å². The Balaban J connectivity index is 1.76. The molecule has 0 heterocycles. The topological polar surface area (TPSA) is 77.0 Å². The van der Waals surface area contributed by atoms with Gasteiger partial charge in [0, 0.05) is 19.5 Å². The van der Waals surface area contributed by atoms with E-state index in [1.807, 2.05) is 0 Å². The number of benzene rings is 3. The van der Waals surface area contributed by atoms with Gasteiger partial charge in [-0.1, -0.05) is 56.1 Å². The van der Waals surface area contributed by atoms with E-state index in [4.69, 9.17) is 21.1 Å². The number of hydrazone groups is 1. The van der Waals surface area contributed by atoms with Crippen LogP contribution in [-0.2, 0) is 0 Å². The number of carbonyl (C=O) groups is 2. The number of esters is 1. The normalized spacial score (nSPS) is 10.6. The van der Waals surface area contributed by atoms with E-state index in [-0.39, 0.29) is 12.4 Å². The van der Waals surface area contributed by atoms with Crippen molar-refractivity contribution in [3.8, 4) is 11.5 Å². The van der Waals surface area contributed by atoms with Gasteiger partial charge < -0.3 is 9.47 Å². The minimum absolute atomic E-state index is 0.256. The molecule has 0 fully saturated rings. The van der Waals surface area contributed by atoms with Gasteiger partial charge in [0.25, 0.3) is 5.91 Å². The molecule has 0 atom stereocenters. The van der Waals surface area contributed by atoms with Gasteiger partial charge in [-0.25, -0.2) is 10.2 Å². The molecule has 1 N–H and O–H groups in total. The molecule has 9 heteroatoms. The number of nitrogens with one attached hydrogen (secondary N) is 1. The molecule has 0 spiro atoms. The molecule has 6 nitrogen and oxygen atoms in total. The van der Waals surface area contributed by atoms with Gasteiger partial charge in [0.15, 0.2) is 0 Å². The molecule has 3 rings (SSSR count). The Hall–Kier alpha value is -2.94. The monoisotopic (exact) mass is 590 g/mol. The third kappa shape index (κ3) is 7.02. The van der Waals surface area contributed by atoms with Crippen molar-refractivity contribution < 1.29 is 19.1 Å². The molecule has 168 valence electrons. The van der Waals surface area contributed by atoms with Crippen molar-refractivity contribution >= 4 is 61.6 Å². The predicted octanol–water partition coefficient (Wildman–Crippen LogP) is 6.41. The van der Waals surface area contributed by atoms with Gasteiger partial charge in [0.05, 0.1) is 17.3 Å². The Morgan fingerprint density at radius 3 is 2.36 bits per heavy atom. The lowest BCUT2D eigenvalue weighted by atomic mass is 10.2. The number of carbonyl (C=O) groups excluding carboxylic acids is 2. The maximum atomic E-state index is 12.7. The first-order valence-electron chi connectivity index (χ1n) is 9.51. The quantitative estimate of drug-likeness (QED) is 0.108. The fraction of sp³-hybridized carbons (Fsp3) is 0.0417. The summed E-state index contributed by atoms with van der Waals surface area (Å²) < 4.78 is 12.5. The number of rotatable bonds is 8. The number of hydrogen-bond donors (Lipinski definition) is 1. The molecule has 33 heavy (non-hydrogen) atoms. The molecule has 0 aliphatic rings. The van der Waals surface area contributed by atoms with Crippen LogP contribution in [0, 0.1) is 0 Å². The largest absolute Gasteiger partial charge is 0.489 e. The summed E-state index contributed by atoms with van der Waals surface area (Å²) in [6.45, 7) is 3.86. The third-order valence-electron chi connectivity index (χ3n) is 4.17. The summed E-state index contributed by atoms with van der Waals surface area (Å²) in [4.78, 5) is 25.1. The second-order valence-electron chi connectivity index (χ2n) is 6.52. The molecule has 1 amide bonds. The number of nitrogens with zero attached hydrogens (tertiary/aromatic N) is 1. The zero-order chi connectivity index (χ0) is 23.8. The van der Waals surface area contributed by atoms with Crippen LogP contribution in [0.25, 0.3) is 0 Å². The maximum Gasteiger partial charge on any atom is 0.343 e. The zero-order valence-electron chi connectivity index (χ0n) is 17.1. The lowest BCUT2D eigenvalue weighted by molar-refractivity contribution is 0.0734. The van der Waals surface area contributed by atoms with Crippen LogP contribution in [0.1, 0.15) is 26.3 Å². The van der Waals surface area contributed by atoms with E-state index in [0.717, 1.165) is 4.47 Å². The molecule has 3 aromatic carbocycles. The van der Waals surface area contributed by atoms with Crippen LogP contribution in [0.4, 0.5) is 0 Å². The van der Waals surface area contributed by atoms with Crippen molar-refractivity contribution in [1.82, 2.24) is 5.43 Å². The van der Waals surface area contributed by atoms with Gasteiger partial charge in [-0.3, -0.25) is 4.79 Å². The smallest absolute Gasteiger partial charge is 0.343 e. The average Bonchev–Trinajstić information content (AvgIpc) is 2.80. The molecular weight excluding hydrogens is 576 g/mol. The second kappa shape index (κ2) is 11.8. The molecule has 0 aliphatic carbocycles. The van der Waals surface area contributed by atoms with Crippen LogP contribution in [0.3, 0.4) is 0 Å². The van der Waals surface area contributed by atoms with Crippen molar-refractivity contribution in [3.63, 3.8) is 0 Å². The van der Waals surface area contributed by atoms with Crippen molar-refractivity contribution in [2.45, 2.75) is 0 Å². The second-order valence-corrected chi connectivity index (χ2v) is 8.79.